The van der Waals surface area contributed by atoms with Crippen molar-refractivity contribution in [3.63, 3.8) is 0 Å². The number of hydrogen-bond acceptors (Lipinski definition) is 3. The Hall–Kier alpha value is -1.30. The van der Waals surface area contributed by atoms with E-state index in [9.17, 15) is 9.59 Å². The van der Waals surface area contributed by atoms with Crippen molar-refractivity contribution in [2.45, 2.75) is 76.4 Å². The third kappa shape index (κ3) is 4.87. The minimum atomic E-state index is -0.390. The summed E-state index contributed by atoms with van der Waals surface area (Å²) in [6.07, 6.45) is 8.17. The lowest BCUT2D eigenvalue weighted by molar-refractivity contribution is -0.133. The van der Waals surface area contributed by atoms with Gasteiger partial charge in [-0.25, -0.2) is 4.79 Å². The van der Waals surface area contributed by atoms with Gasteiger partial charge in [0.15, 0.2) is 0 Å². The van der Waals surface area contributed by atoms with Gasteiger partial charge in [-0.2, -0.15) is 0 Å². The molecule has 4 N–H and O–H groups in total. The minimum absolute atomic E-state index is 0.0348. The van der Waals surface area contributed by atoms with Gasteiger partial charge in [0.05, 0.1) is 6.04 Å². The number of nitrogens with zero attached hydrogens (tertiary/aromatic N) is 1. The topological polar surface area (TPSA) is 87.5 Å². The summed E-state index contributed by atoms with van der Waals surface area (Å²) < 4.78 is 0. The monoisotopic (exact) mass is 310 g/mol. The smallest absolute Gasteiger partial charge is 0.315 e. The van der Waals surface area contributed by atoms with Crippen molar-refractivity contribution in [1.29, 1.82) is 0 Å². The van der Waals surface area contributed by atoms with Gasteiger partial charge in [-0.05, 0) is 32.1 Å². The number of piperidine rings is 1. The third-order valence-corrected chi connectivity index (χ3v) is 4.84. The van der Waals surface area contributed by atoms with Crippen LogP contribution in [0, 0.1) is 0 Å². The van der Waals surface area contributed by atoms with E-state index in [0.29, 0.717) is 25.6 Å². The summed E-state index contributed by atoms with van der Waals surface area (Å²) in [4.78, 5) is 25.9. The molecule has 1 saturated carbocycles. The zero-order valence-corrected chi connectivity index (χ0v) is 13.6. The van der Waals surface area contributed by atoms with Crippen LogP contribution >= 0.6 is 0 Å². The Morgan fingerprint density at radius 3 is 2.14 bits per heavy atom. The van der Waals surface area contributed by atoms with Gasteiger partial charge in [0, 0.05) is 25.2 Å². The summed E-state index contributed by atoms with van der Waals surface area (Å²) in [5, 5.41) is 6.13. The molecule has 0 unspecified atom stereocenters. The van der Waals surface area contributed by atoms with E-state index in [2.05, 4.69) is 10.6 Å². The van der Waals surface area contributed by atoms with E-state index in [1.54, 1.807) is 0 Å². The minimum Gasteiger partial charge on any atom is -0.341 e. The number of carbonyl (C=O) groups is 2. The van der Waals surface area contributed by atoms with Gasteiger partial charge >= 0.3 is 6.03 Å². The molecule has 6 heteroatoms. The fourth-order valence-electron chi connectivity index (χ4n) is 3.31. The number of nitrogens with one attached hydrogen (secondary N) is 2. The van der Waals surface area contributed by atoms with Gasteiger partial charge in [-0.3, -0.25) is 4.79 Å². The van der Waals surface area contributed by atoms with Crippen LogP contribution in [0.5, 0.6) is 0 Å². The number of carbonyl (C=O) groups excluding carboxylic acids is 2. The molecule has 0 spiro atoms. The molecule has 0 radical (unpaired) electrons. The summed E-state index contributed by atoms with van der Waals surface area (Å²) >= 11 is 0. The van der Waals surface area contributed by atoms with Crippen LogP contribution in [0.1, 0.15) is 58.3 Å². The number of hydrogen-bond donors (Lipinski definition) is 3. The first-order valence-electron chi connectivity index (χ1n) is 8.71. The van der Waals surface area contributed by atoms with Crippen LogP contribution in [0.25, 0.3) is 0 Å². The summed E-state index contributed by atoms with van der Waals surface area (Å²) in [7, 11) is 0. The highest BCUT2D eigenvalue weighted by molar-refractivity contribution is 5.81. The van der Waals surface area contributed by atoms with Crippen LogP contribution in [0.3, 0.4) is 0 Å². The number of amides is 3. The predicted octanol–water partition coefficient (Wildman–Crippen LogP) is 1.35. The lowest BCUT2D eigenvalue weighted by Gasteiger charge is -2.34. The van der Waals surface area contributed by atoms with Crippen molar-refractivity contribution in [2.24, 2.45) is 5.73 Å². The Morgan fingerprint density at radius 2 is 1.59 bits per heavy atom. The molecule has 1 heterocycles. The second-order valence-corrected chi connectivity index (χ2v) is 6.57. The van der Waals surface area contributed by atoms with Gasteiger partial charge in [-0.1, -0.05) is 26.2 Å². The molecule has 0 bridgehead atoms. The van der Waals surface area contributed by atoms with E-state index in [0.717, 1.165) is 25.7 Å². The average Bonchev–Trinajstić information content (AvgIpc) is 2.55. The third-order valence-electron chi connectivity index (χ3n) is 4.84. The zero-order chi connectivity index (χ0) is 15.9. The first-order chi connectivity index (χ1) is 10.6. The molecule has 6 nitrogen and oxygen atoms in total. The Bertz CT molecular complexity index is 374. The van der Waals surface area contributed by atoms with Crippen LogP contribution in [-0.2, 0) is 4.79 Å². The van der Waals surface area contributed by atoms with E-state index in [1.165, 1.54) is 19.3 Å². The van der Waals surface area contributed by atoms with Crippen LogP contribution < -0.4 is 16.4 Å². The van der Waals surface area contributed by atoms with E-state index in [1.807, 2.05) is 11.8 Å². The largest absolute Gasteiger partial charge is 0.341 e. The van der Waals surface area contributed by atoms with Gasteiger partial charge in [-0.15, -0.1) is 0 Å². The first-order valence-corrected chi connectivity index (χ1v) is 8.71. The number of rotatable bonds is 4. The molecule has 2 fully saturated rings. The molecular weight excluding hydrogens is 280 g/mol. The van der Waals surface area contributed by atoms with Gasteiger partial charge in [0.2, 0.25) is 5.91 Å². The molecule has 1 aliphatic carbocycles. The molecule has 22 heavy (non-hydrogen) atoms. The van der Waals surface area contributed by atoms with Crippen LogP contribution in [-0.4, -0.2) is 48.1 Å². The van der Waals surface area contributed by atoms with Gasteiger partial charge in [0.25, 0.3) is 0 Å². The number of likely N-dealkylation sites (tertiary alicyclic amines) is 1. The lowest BCUT2D eigenvalue weighted by atomic mass is 9.96. The van der Waals surface area contributed by atoms with Crippen molar-refractivity contribution in [3.8, 4) is 0 Å². The molecule has 0 aromatic rings. The first kappa shape index (κ1) is 17.1. The lowest BCUT2D eigenvalue weighted by Crippen LogP contribution is -2.53. The SMILES string of the molecule is CC[C@H](N)C(=O)N1CCC(NC(=O)NC2CCCCC2)CC1. The van der Waals surface area contributed by atoms with Crippen LogP contribution in [0.4, 0.5) is 4.79 Å². The standard InChI is InChI=1S/C16H30N4O2/c1-2-14(17)15(21)20-10-8-13(9-11-20)19-16(22)18-12-6-4-3-5-7-12/h12-14H,2-11,17H2,1H3,(H2,18,19,22)/t14-/m0/s1. The molecule has 1 atom stereocenters. The van der Waals surface area contributed by atoms with E-state index in [-0.39, 0.29) is 24.0 Å². The Balaban J connectivity index is 1.68. The maximum atomic E-state index is 12.0. The van der Waals surface area contributed by atoms with Crippen LogP contribution in [0.2, 0.25) is 0 Å². The zero-order valence-electron chi connectivity index (χ0n) is 13.6. The fraction of sp³-hybridized carbons (Fsp3) is 0.875. The average molecular weight is 310 g/mol. The molecule has 126 valence electrons. The quantitative estimate of drug-likeness (QED) is 0.732. The summed E-state index contributed by atoms with van der Waals surface area (Å²) in [6, 6.07) is 0.0458. The Morgan fingerprint density at radius 1 is 1.05 bits per heavy atom. The molecule has 1 aliphatic heterocycles. The second kappa shape index (κ2) is 8.36. The highest BCUT2D eigenvalue weighted by Crippen LogP contribution is 2.17. The highest BCUT2D eigenvalue weighted by Gasteiger charge is 2.26. The molecular formula is C16H30N4O2. The van der Waals surface area contributed by atoms with E-state index >= 15 is 0 Å². The molecule has 1 saturated heterocycles. The number of urea groups is 1. The van der Waals surface area contributed by atoms with Crippen molar-refractivity contribution < 1.29 is 9.59 Å². The van der Waals surface area contributed by atoms with Gasteiger partial charge < -0.3 is 21.3 Å². The van der Waals surface area contributed by atoms with Crippen molar-refractivity contribution >= 4 is 11.9 Å². The maximum absolute atomic E-state index is 12.0. The summed E-state index contributed by atoms with van der Waals surface area (Å²) in [5.74, 6) is 0.0348. The summed E-state index contributed by atoms with van der Waals surface area (Å²) in [6.45, 7) is 3.29. The highest BCUT2D eigenvalue weighted by atomic mass is 16.2. The van der Waals surface area contributed by atoms with E-state index < -0.39 is 0 Å². The fourth-order valence-corrected chi connectivity index (χ4v) is 3.31. The van der Waals surface area contributed by atoms with Gasteiger partial charge in [0.1, 0.15) is 0 Å². The van der Waals surface area contributed by atoms with Crippen molar-refractivity contribution in [1.82, 2.24) is 15.5 Å². The normalized spacial score (nSPS) is 22.2. The van der Waals surface area contributed by atoms with Crippen molar-refractivity contribution in [2.75, 3.05) is 13.1 Å². The molecule has 0 aromatic heterocycles. The summed E-state index contributed by atoms with van der Waals surface area (Å²) in [5.41, 5.74) is 5.80. The molecule has 2 aliphatic rings. The molecule has 0 aromatic carbocycles. The number of nitrogens with two attached hydrogens (primary N) is 1. The van der Waals surface area contributed by atoms with E-state index in [4.69, 9.17) is 5.73 Å². The van der Waals surface area contributed by atoms with Crippen LogP contribution in [0.15, 0.2) is 0 Å². The second-order valence-electron chi connectivity index (χ2n) is 6.57. The Kier molecular flexibility index (Phi) is 6.49. The molecule has 2 rings (SSSR count). The molecule has 3 amide bonds. The van der Waals surface area contributed by atoms with Crippen molar-refractivity contribution in [3.05, 3.63) is 0 Å². The maximum Gasteiger partial charge on any atom is 0.315 e. The predicted molar refractivity (Wildman–Crippen MR) is 86.4 cm³/mol. The Labute approximate surface area is 133 Å².